The van der Waals surface area contributed by atoms with Crippen molar-refractivity contribution >= 4 is 23.4 Å². The highest BCUT2D eigenvalue weighted by molar-refractivity contribution is 6.04. The van der Waals surface area contributed by atoms with Gasteiger partial charge >= 0.3 is 5.97 Å². The number of carbonyl (C=O) groups is 2. The monoisotopic (exact) mass is 294 g/mol. The van der Waals surface area contributed by atoms with Gasteiger partial charge in [0.1, 0.15) is 11.5 Å². The van der Waals surface area contributed by atoms with E-state index in [2.05, 4.69) is 15.5 Å². The molecule has 0 unspecified atom stereocenters. The summed E-state index contributed by atoms with van der Waals surface area (Å²) in [5, 5.41) is 27.0. The molecule has 1 heterocycles. The first-order valence-corrected chi connectivity index (χ1v) is 5.42. The Morgan fingerprint density at radius 3 is 2.62 bits per heavy atom. The van der Waals surface area contributed by atoms with Crippen LogP contribution in [0.3, 0.4) is 0 Å². The first-order chi connectivity index (χ1) is 9.88. The Kier molecular flexibility index (Phi) is 3.61. The molecule has 0 spiro atoms. The summed E-state index contributed by atoms with van der Waals surface area (Å²) < 4.78 is 13.6. The quantitative estimate of drug-likeness (QED) is 0.575. The average Bonchev–Trinajstić information content (AvgIpc) is 2.87. The summed E-state index contributed by atoms with van der Waals surface area (Å²) >= 11 is 0. The van der Waals surface area contributed by atoms with E-state index in [0.717, 1.165) is 18.2 Å². The van der Waals surface area contributed by atoms with Crippen molar-refractivity contribution < 1.29 is 24.0 Å². The van der Waals surface area contributed by atoms with Gasteiger partial charge in [0.2, 0.25) is 0 Å². The summed E-state index contributed by atoms with van der Waals surface area (Å²) in [6.07, 6.45) is 0. The van der Waals surface area contributed by atoms with E-state index in [0.29, 0.717) is 6.07 Å². The van der Waals surface area contributed by atoms with E-state index in [1.807, 2.05) is 0 Å². The third-order valence-corrected chi connectivity index (χ3v) is 2.46. The van der Waals surface area contributed by atoms with Gasteiger partial charge in [0.15, 0.2) is 5.82 Å². The highest BCUT2D eigenvalue weighted by Crippen LogP contribution is 2.17. The SMILES string of the molecule is O=C(O)c1cc(NC(=O)c2ccc([N+](=O)[O-])cc2F)n[nH]1. The molecule has 2 aromatic rings. The van der Waals surface area contributed by atoms with E-state index < -0.39 is 33.9 Å². The number of aromatic amines is 1. The van der Waals surface area contributed by atoms with Crippen LogP contribution in [0, 0.1) is 15.9 Å². The molecule has 2 rings (SSSR count). The Balaban J connectivity index is 2.20. The standard InChI is InChI=1S/C11H7FN4O5/c12-7-3-5(16(20)21)1-2-6(7)10(17)13-9-4-8(11(18)19)14-15-9/h1-4H,(H,18,19)(H2,13,14,15,17). The van der Waals surface area contributed by atoms with Crippen LogP contribution in [0.1, 0.15) is 20.8 Å². The maximum absolute atomic E-state index is 13.6. The predicted octanol–water partition coefficient (Wildman–Crippen LogP) is 1.41. The number of hydrogen-bond acceptors (Lipinski definition) is 5. The summed E-state index contributed by atoms with van der Waals surface area (Å²) in [6, 6.07) is 3.59. The lowest BCUT2D eigenvalue weighted by Crippen LogP contribution is -2.14. The van der Waals surface area contributed by atoms with Crippen LogP contribution in [0.15, 0.2) is 24.3 Å². The topological polar surface area (TPSA) is 138 Å². The predicted molar refractivity (Wildman–Crippen MR) is 66.6 cm³/mol. The zero-order valence-electron chi connectivity index (χ0n) is 10.2. The number of anilines is 1. The lowest BCUT2D eigenvalue weighted by atomic mass is 10.2. The second-order valence-electron chi connectivity index (χ2n) is 3.85. The fraction of sp³-hybridized carbons (Fsp3) is 0. The van der Waals surface area contributed by atoms with Crippen LogP contribution >= 0.6 is 0 Å². The number of aromatic carboxylic acids is 1. The van der Waals surface area contributed by atoms with Crippen molar-refractivity contribution in [2.24, 2.45) is 0 Å². The van der Waals surface area contributed by atoms with Crippen molar-refractivity contribution in [3.05, 3.63) is 51.5 Å². The van der Waals surface area contributed by atoms with E-state index in [1.54, 1.807) is 0 Å². The molecule has 21 heavy (non-hydrogen) atoms. The van der Waals surface area contributed by atoms with Crippen molar-refractivity contribution in [2.75, 3.05) is 5.32 Å². The van der Waals surface area contributed by atoms with Gasteiger partial charge in [-0.2, -0.15) is 5.10 Å². The van der Waals surface area contributed by atoms with Crippen molar-refractivity contribution in [2.45, 2.75) is 0 Å². The summed E-state index contributed by atoms with van der Waals surface area (Å²) in [5.74, 6) is -3.37. The number of hydrogen-bond donors (Lipinski definition) is 3. The van der Waals surface area contributed by atoms with Gasteiger partial charge in [-0.3, -0.25) is 20.0 Å². The van der Waals surface area contributed by atoms with Gasteiger partial charge in [-0.25, -0.2) is 9.18 Å². The minimum atomic E-state index is -1.27. The Labute approximate surface area is 115 Å². The molecule has 0 atom stereocenters. The van der Waals surface area contributed by atoms with Crippen LogP contribution in [0.2, 0.25) is 0 Å². The Morgan fingerprint density at radius 1 is 1.38 bits per heavy atom. The number of carboxylic acids is 1. The number of benzene rings is 1. The molecule has 1 aromatic carbocycles. The van der Waals surface area contributed by atoms with Crippen molar-refractivity contribution in [1.82, 2.24) is 10.2 Å². The van der Waals surface area contributed by atoms with E-state index >= 15 is 0 Å². The second kappa shape index (κ2) is 5.36. The molecule has 3 N–H and O–H groups in total. The number of rotatable bonds is 4. The summed E-state index contributed by atoms with van der Waals surface area (Å²) in [4.78, 5) is 32.1. The van der Waals surface area contributed by atoms with Gasteiger partial charge in [0, 0.05) is 12.1 Å². The molecule has 0 radical (unpaired) electrons. The summed E-state index contributed by atoms with van der Waals surface area (Å²) in [5.41, 5.74) is -1.17. The van der Waals surface area contributed by atoms with Crippen LogP contribution in [0.25, 0.3) is 0 Å². The molecule has 0 aliphatic carbocycles. The highest BCUT2D eigenvalue weighted by atomic mass is 19.1. The normalized spacial score (nSPS) is 10.1. The number of nitro benzene ring substituents is 1. The number of amides is 1. The lowest BCUT2D eigenvalue weighted by molar-refractivity contribution is -0.385. The molecule has 108 valence electrons. The maximum Gasteiger partial charge on any atom is 0.353 e. The van der Waals surface area contributed by atoms with Crippen molar-refractivity contribution in [3.8, 4) is 0 Å². The number of nitrogens with one attached hydrogen (secondary N) is 2. The van der Waals surface area contributed by atoms with Crippen LogP contribution in [-0.2, 0) is 0 Å². The number of carbonyl (C=O) groups excluding carboxylic acids is 1. The molecule has 0 bridgehead atoms. The second-order valence-corrected chi connectivity index (χ2v) is 3.85. The zero-order chi connectivity index (χ0) is 15.6. The first-order valence-electron chi connectivity index (χ1n) is 5.42. The first kappa shape index (κ1) is 14.1. The molecular weight excluding hydrogens is 287 g/mol. The molecule has 1 amide bonds. The number of aromatic nitrogens is 2. The minimum Gasteiger partial charge on any atom is -0.477 e. The number of non-ortho nitro benzene ring substituents is 1. The van der Waals surface area contributed by atoms with Gasteiger partial charge in [0.25, 0.3) is 11.6 Å². The Morgan fingerprint density at radius 2 is 2.10 bits per heavy atom. The van der Waals surface area contributed by atoms with Crippen molar-refractivity contribution in [3.63, 3.8) is 0 Å². The minimum absolute atomic E-state index is 0.116. The van der Waals surface area contributed by atoms with E-state index in [-0.39, 0.29) is 11.5 Å². The van der Waals surface area contributed by atoms with Gasteiger partial charge in [-0.05, 0) is 6.07 Å². The van der Waals surface area contributed by atoms with Gasteiger partial charge in [-0.1, -0.05) is 0 Å². The van der Waals surface area contributed by atoms with E-state index in [9.17, 15) is 24.1 Å². The van der Waals surface area contributed by atoms with Crippen LogP contribution in [-0.4, -0.2) is 32.1 Å². The number of nitrogens with zero attached hydrogens (tertiary/aromatic N) is 2. The lowest BCUT2D eigenvalue weighted by Gasteiger charge is -2.02. The average molecular weight is 294 g/mol. The van der Waals surface area contributed by atoms with Gasteiger partial charge < -0.3 is 10.4 Å². The third-order valence-electron chi connectivity index (χ3n) is 2.46. The highest BCUT2D eigenvalue weighted by Gasteiger charge is 2.17. The fourth-order valence-corrected chi connectivity index (χ4v) is 1.48. The molecule has 0 aliphatic heterocycles. The van der Waals surface area contributed by atoms with Gasteiger partial charge in [0.05, 0.1) is 16.6 Å². The van der Waals surface area contributed by atoms with Crippen LogP contribution in [0.4, 0.5) is 15.9 Å². The largest absolute Gasteiger partial charge is 0.477 e. The van der Waals surface area contributed by atoms with Gasteiger partial charge in [-0.15, -0.1) is 0 Å². The molecular formula is C11H7FN4O5. The molecule has 0 fully saturated rings. The molecule has 0 saturated carbocycles. The van der Waals surface area contributed by atoms with Crippen LogP contribution in [0.5, 0.6) is 0 Å². The van der Waals surface area contributed by atoms with E-state index in [1.165, 1.54) is 0 Å². The summed E-state index contributed by atoms with van der Waals surface area (Å²) in [6.45, 7) is 0. The summed E-state index contributed by atoms with van der Waals surface area (Å²) in [7, 11) is 0. The number of halogens is 1. The fourth-order valence-electron chi connectivity index (χ4n) is 1.48. The molecule has 9 nitrogen and oxygen atoms in total. The number of carboxylic acid groups (broad SMARTS) is 1. The van der Waals surface area contributed by atoms with Crippen molar-refractivity contribution in [1.29, 1.82) is 0 Å². The molecule has 1 aromatic heterocycles. The number of H-pyrrole nitrogens is 1. The Hall–Kier alpha value is -3.30. The Bertz CT molecular complexity index is 742. The number of nitro groups is 1. The maximum atomic E-state index is 13.6. The smallest absolute Gasteiger partial charge is 0.353 e. The van der Waals surface area contributed by atoms with E-state index in [4.69, 9.17) is 5.11 Å². The molecule has 0 saturated heterocycles. The molecule has 10 heteroatoms. The van der Waals surface area contributed by atoms with Crippen LogP contribution < -0.4 is 5.32 Å². The third kappa shape index (κ3) is 3.00. The molecule has 0 aliphatic rings. The zero-order valence-corrected chi connectivity index (χ0v) is 10.2.